The van der Waals surface area contributed by atoms with Crippen LogP contribution in [0.25, 0.3) is 22.0 Å². The minimum Gasteiger partial charge on any atom is -0.340 e. The molecule has 1 fully saturated rings. The smallest absolute Gasteiger partial charge is 0.259 e. The maximum atomic E-state index is 12.7. The van der Waals surface area contributed by atoms with Crippen LogP contribution in [-0.2, 0) is 13.1 Å². The molecule has 3 aromatic heterocycles. The highest BCUT2D eigenvalue weighted by atomic mass is 16.1. The largest absolute Gasteiger partial charge is 0.340 e. The Morgan fingerprint density at radius 3 is 2.88 bits per heavy atom. The number of pyridine rings is 3. The van der Waals surface area contributed by atoms with E-state index in [1.54, 1.807) is 6.20 Å². The Balaban J connectivity index is 1.41. The van der Waals surface area contributed by atoms with E-state index in [0.29, 0.717) is 17.7 Å². The number of nitrogens with zero attached hydrogens (tertiary/aromatic N) is 4. The summed E-state index contributed by atoms with van der Waals surface area (Å²) >= 11 is 0. The molecule has 1 aromatic carbocycles. The van der Waals surface area contributed by atoms with Crippen LogP contribution in [0.2, 0.25) is 0 Å². The molecule has 33 heavy (non-hydrogen) atoms. The minimum absolute atomic E-state index is 0.169. The van der Waals surface area contributed by atoms with Gasteiger partial charge in [-0.3, -0.25) is 19.7 Å². The van der Waals surface area contributed by atoms with Gasteiger partial charge in [-0.05, 0) is 78.3 Å². The fourth-order valence-electron chi connectivity index (χ4n) is 4.68. The third-order valence-corrected chi connectivity index (χ3v) is 6.35. The topological polar surface area (TPSA) is 86.3 Å². The fourth-order valence-corrected chi connectivity index (χ4v) is 4.68. The first-order chi connectivity index (χ1) is 16.2. The van der Waals surface area contributed by atoms with Crippen molar-refractivity contribution in [1.82, 2.24) is 19.9 Å². The van der Waals surface area contributed by atoms with Crippen LogP contribution < -0.4 is 10.9 Å². The van der Waals surface area contributed by atoms with Crippen molar-refractivity contribution in [2.75, 3.05) is 18.4 Å². The quantitative estimate of drug-likeness (QED) is 0.488. The van der Waals surface area contributed by atoms with Gasteiger partial charge in [-0.2, -0.15) is 0 Å². The van der Waals surface area contributed by atoms with Crippen molar-refractivity contribution in [1.29, 1.82) is 0 Å². The molecule has 4 aromatic rings. The van der Waals surface area contributed by atoms with Crippen LogP contribution in [0, 0.1) is 0 Å². The molecule has 7 nitrogen and oxygen atoms in total. The van der Waals surface area contributed by atoms with Gasteiger partial charge in [-0.15, -0.1) is 0 Å². The lowest BCUT2D eigenvalue weighted by molar-refractivity contribution is 0.331. The van der Waals surface area contributed by atoms with Gasteiger partial charge < -0.3 is 10.3 Å². The molecule has 0 amide bonds. The molecule has 164 valence electrons. The number of hydrogen-bond acceptors (Lipinski definition) is 6. The standard InChI is InChI=1S/C26H24N6O/c33-26-24-18(5-6-29-26)11-23(21-9-17(12-27-15-21)16-32-7-1-2-8-32)31-25(24)30-22-4-3-19-13-28-14-20(19)10-22/h3-6,9-12,14-15H,1-2,7-8,13,16H2,(H,29,33)(H,30,31). The molecule has 2 aliphatic heterocycles. The lowest BCUT2D eigenvalue weighted by Crippen LogP contribution is -2.18. The van der Waals surface area contributed by atoms with E-state index in [-0.39, 0.29) is 5.56 Å². The molecule has 7 heteroatoms. The Kier molecular flexibility index (Phi) is 4.96. The zero-order valence-electron chi connectivity index (χ0n) is 18.2. The van der Waals surface area contributed by atoms with Crippen LogP contribution in [0.4, 0.5) is 11.5 Å². The van der Waals surface area contributed by atoms with E-state index in [0.717, 1.165) is 47.5 Å². The fraction of sp³-hybridized carbons (Fsp3) is 0.231. The molecule has 0 radical (unpaired) electrons. The van der Waals surface area contributed by atoms with Gasteiger partial charge in [0.2, 0.25) is 0 Å². The summed E-state index contributed by atoms with van der Waals surface area (Å²) in [4.78, 5) is 31.6. The lowest BCUT2D eigenvalue weighted by atomic mass is 10.1. The Bertz CT molecular complexity index is 1430. The van der Waals surface area contributed by atoms with Gasteiger partial charge >= 0.3 is 0 Å². The van der Waals surface area contributed by atoms with E-state index in [4.69, 9.17) is 4.98 Å². The van der Waals surface area contributed by atoms with E-state index in [1.165, 1.54) is 24.0 Å². The normalized spacial score (nSPS) is 15.3. The molecule has 0 saturated carbocycles. The van der Waals surface area contributed by atoms with Crippen LogP contribution in [0.5, 0.6) is 0 Å². The molecule has 5 heterocycles. The van der Waals surface area contributed by atoms with Crippen molar-refractivity contribution in [3.8, 4) is 11.3 Å². The van der Waals surface area contributed by atoms with Gasteiger partial charge in [0.25, 0.3) is 5.56 Å². The van der Waals surface area contributed by atoms with Crippen LogP contribution in [0.1, 0.15) is 29.5 Å². The van der Waals surface area contributed by atoms with Crippen molar-refractivity contribution >= 4 is 28.5 Å². The first-order valence-corrected chi connectivity index (χ1v) is 11.3. The number of likely N-dealkylation sites (tertiary alicyclic amines) is 1. The van der Waals surface area contributed by atoms with Gasteiger partial charge in [0.1, 0.15) is 5.82 Å². The Labute approximate surface area is 191 Å². The number of rotatable bonds is 5. The summed E-state index contributed by atoms with van der Waals surface area (Å²) in [6.45, 7) is 3.89. The summed E-state index contributed by atoms with van der Waals surface area (Å²) in [6, 6.07) is 12.1. The van der Waals surface area contributed by atoms with Gasteiger partial charge in [0.05, 0.1) is 17.6 Å². The second-order valence-electron chi connectivity index (χ2n) is 8.70. The van der Waals surface area contributed by atoms with E-state index in [9.17, 15) is 4.79 Å². The molecule has 0 atom stereocenters. The van der Waals surface area contributed by atoms with Crippen LogP contribution in [-0.4, -0.2) is 39.2 Å². The summed E-state index contributed by atoms with van der Waals surface area (Å²) in [6.07, 6.45) is 9.84. The monoisotopic (exact) mass is 436 g/mol. The van der Waals surface area contributed by atoms with Gasteiger partial charge in [0, 0.05) is 42.6 Å². The lowest BCUT2D eigenvalue weighted by Gasteiger charge is -2.15. The number of benzene rings is 1. The summed E-state index contributed by atoms with van der Waals surface area (Å²) < 4.78 is 0. The summed E-state index contributed by atoms with van der Waals surface area (Å²) in [5, 5.41) is 4.75. The van der Waals surface area contributed by atoms with Crippen molar-refractivity contribution in [3.05, 3.63) is 82.0 Å². The van der Waals surface area contributed by atoms with Crippen molar-refractivity contribution in [2.45, 2.75) is 25.9 Å². The molecular weight excluding hydrogens is 412 g/mol. The number of aromatic nitrogens is 3. The number of aromatic amines is 1. The Hall–Kier alpha value is -3.84. The van der Waals surface area contributed by atoms with Gasteiger partial charge in [-0.1, -0.05) is 6.07 Å². The zero-order chi connectivity index (χ0) is 22.2. The number of anilines is 2. The third kappa shape index (κ3) is 3.91. The number of H-pyrrole nitrogens is 1. The number of aliphatic imine (C=N–C) groups is 1. The van der Waals surface area contributed by atoms with Crippen LogP contribution in [0.3, 0.4) is 0 Å². The summed E-state index contributed by atoms with van der Waals surface area (Å²) in [7, 11) is 0. The average Bonchev–Trinajstić information content (AvgIpc) is 3.51. The van der Waals surface area contributed by atoms with E-state index >= 15 is 0 Å². The molecule has 2 N–H and O–H groups in total. The second kappa shape index (κ2) is 8.26. The van der Waals surface area contributed by atoms with Crippen LogP contribution >= 0.6 is 0 Å². The number of fused-ring (bicyclic) bond motifs is 2. The predicted octanol–water partition coefficient (Wildman–Crippen LogP) is 4.26. The molecule has 1 saturated heterocycles. The van der Waals surface area contributed by atoms with Gasteiger partial charge in [-0.25, -0.2) is 4.98 Å². The second-order valence-corrected chi connectivity index (χ2v) is 8.70. The molecule has 0 unspecified atom stereocenters. The maximum absolute atomic E-state index is 12.7. The van der Waals surface area contributed by atoms with Gasteiger partial charge in [0.15, 0.2) is 0 Å². The molecule has 2 aliphatic rings. The highest BCUT2D eigenvalue weighted by molar-refractivity contribution is 5.95. The predicted molar refractivity (Wildman–Crippen MR) is 131 cm³/mol. The van der Waals surface area contributed by atoms with Crippen molar-refractivity contribution < 1.29 is 0 Å². The van der Waals surface area contributed by atoms with E-state index < -0.39 is 0 Å². The maximum Gasteiger partial charge on any atom is 0.259 e. The first kappa shape index (κ1) is 19.8. The molecular formula is C26H24N6O. The van der Waals surface area contributed by atoms with E-state index in [2.05, 4.69) is 37.3 Å². The van der Waals surface area contributed by atoms with Crippen molar-refractivity contribution in [3.63, 3.8) is 0 Å². The minimum atomic E-state index is -0.169. The summed E-state index contributed by atoms with van der Waals surface area (Å²) in [5.41, 5.74) is 5.90. The van der Waals surface area contributed by atoms with E-state index in [1.807, 2.05) is 42.9 Å². The highest BCUT2D eigenvalue weighted by Crippen LogP contribution is 2.29. The average molecular weight is 437 g/mol. The first-order valence-electron chi connectivity index (χ1n) is 11.3. The molecule has 0 bridgehead atoms. The summed E-state index contributed by atoms with van der Waals surface area (Å²) in [5.74, 6) is 0.532. The van der Waals surface area contributed by atoms with Crippen molar-refractivity contribution in [2.24, 2.45) is 4.99 Å². The molecule has 6 rings (SSSR count). The SMILES string of the molecule is O=c1[nH]ccc2cc(-c3cncc(CN4CCCC4)c3)nc(Nc3ccc4c(c3)C=NC4)c12. The number of nitrogens with one attached hydrogen (secondary N) is 2. The third-order valence-electron chi connectivity index (χ3n) is 6.35. The highest BCUT2D eigenvalue weighted by Gasteiger charge is 2.15. The zero-order valence-corrected chi connectivity index (χ0v) is 18.2. The van der Waals surface area contributed by atoms with Crippen LogP contribution in [0.15, 0.2) is 64.8 Å². The molecule has 0 aliphatic carbocycles. The Morgan fingerprint density at radius 2 is 1.97 bits per heavy atom. The molecule has 0 spiro atoms. The number of hydrogen-bond donors (Lipinski definition) is 2. The Morgan fingerprint density at radius 1 is 1.06 bits per heavy atom.